The van der Waals surface area contributed by atoms with Crippen LogP contribution >= 0.6 is 0 Å². The van der Waals surface area contributed by atoms with Gasteiger partial charge in [-0.25, -0.2) is 4.90 Å². The molecule has 1 saturated heterocycles. The van der Waals surface area contributed by atoms with Gasteiger partial charge in [0.25, 0.3) is 5.91 Å². The number of anilines is 1. The fourth-order valence-corrected chi connectivity index (χ4v) is 7.33. The Morgan fingerprint density at radius 1 is 1.06 bits per heavy atom. The lowest BCUT2D eigenvalue weighted by molar-refractivity contribution is -0.143. The summed E-state index contributed by atoms with van der Waals surface area (Å²) < 4.78 is 5.61. The van der Waals surface area contributed by atoms with Gasteiger partial charge in [-0.3, -0.25) is 14.4 Å². The molecular weight excluding hydrogens is 404 g/mol. The predicted octanol–water partition coefficient (Wildman–Crippen LogP) is 4.17. The van der Waals surface area contributed by atoms with E-state index in [1.54, 1.807) is 36.1 Å². The van der Waals surface area contributed by atoms with E-state index in [0.29, 0.717) is 18.8 Å². The highest BCUT2D eigenvalue weighted by molar-refractivity contribution is 6.23. The largest absolute Gasteiger partial charge is 0.494 e. The van der Waals surface area contributed by atoms with Crippen LogP contribution in [0.15, 0.2) is 24.3 Å². The molecule has 4 aliphatic carbocycles. The Labute approximate surface area is 190 Å². The van der Waals surface area contributed by atoms with E-state index in [9.17, 15) is 14.4 Å². The Morgan fingerprint density at radius 3 is 2.19 bits per heavy atom. The summed E-state index contributed by atoms with van der Waals surface area (Å²) in [5.74, 6) is 2.44. The first-order valence-electron chi connectivity index (χ1n) is 12.2. The van der Waals surface area contributed by atoms with Gasteiger partial charge in [0.1, 0.15) is 11.8 Å². The van der Waals surface area contributed by atoms with Gasteiger partial charge in [0.05, 0.1) is 18.7 Å². The minimum atomic E-state index is -0.691. The molecule has 5 aliphatic rings. The van der Waals surface area contributed by atoms with Crippen LogP contribution in [0.1, 0.15) is 65.2 Å². The van der Waals surface area contributed by atoms with Gasteiger partial charge in [-0.15, -0.1) is 0 Å². The second-order valence-electron chi connectivity index (χ2n) is 10.7. The minimum absolute atomic E-state index is 0.0683. The van der Waals surface area contributed by atoms with E-state index in [0.717, 1.165) is 29.9 Å². The monoisotopic (exact) mass is 438 g/mol. The number of hydrogen-bond acceptors (Lipinski definition) is 4. The van der Waals surface area contributed by atoms with Gasteiger partial charge in [-0.1, -0.05) is 6.92 Å². The number of benzene rings is 1. The molecule has 1 aromatic rings. The second kappa shape index (κ2) is 8.20. The molecule has 6 heteroatoms. The Bertz CT molecular complexity index is 874. The molecule has 0 N–H and O–H groups in total. The van der Waals surface area contributed by atoms with Crippen LogP contribution in [0, 0.1) is 23.2 Å². The van der Waals surface area contributed by atoms with Crippen molar-refractivity contribution in [3.8, 4) is 5.75 Å². The van der Waals surface area contributed by atoms with Crippen LogP contribution in [0.5, 0.6) is 5.75 Å². The molecule has 1 aliphatic heterocycles. The number of carbonyl (C=O) groups is 3. The smallest absolute Gasteiger partial charge is 0.257 e. The number of carbonyl (C=O) groups excluding carboxylic acids is 3. The maximum Gasteiger partial charge on any atom is 0.257 e. The maximum absolute atomic E-state index is 13.4. The summed E-state index contributed by atoms with van der Waals surface area (Å²) in [6, 6.07) is 6.39. The van der Waals surface area contributed by atoms with Crippen molar-refractivity contribution in [2.24, 2.45) is 23.2 Å². The molecule has 4 saturated carbocycles. The zero-order valence-electron chi connectivity index (χ0n) is 19.2. The van der Waals surface area contributed by atoms with Crippen molar-refractivity contribution in [1.82, 2.24) is 4.90 Å². The van der Waals surface area contributed by atoms with Crippen molar-refractivity contribution in [2.45, 2.75) is 71.3 Å². The molecule has 4 bridgehead atoms. The fourth-order valence-electron chi connectivity index (χ4n) is 7.33. The van der Waals surface area contributed by atoms with E-state index < -0.39 is 6.04 Å². The summed E-state index contributed by atoms with van der Waals surface area (Å²) in [5.41, 5.74) is 0.680. The van der Waals surface area contributed by atoms with Gasteiger partial charge in [-0.05, 0) is 92.4 Å². The van der Waals surface area contributed by atoms with Crippen LogP contribution < -0.4 is 9.64 Å². The topological polar surface area (TPSA) is 66.9 Å². The van der Waals surface area contributed by atoms with Crippen LogP contribution in [0.2, 0.25) is 0 Å². The van der Waals surface area contributed by atoms with Gasteiger partial charge in [0.15, 0.2) is 0 Å². The lowest BCUT2D eigenvalue weighted by atomic mass is 9.49. The minimum Gasteiger partial charge on any atom is -0.494 e. The maximum atomic E-state index is 13.4. The zero-order chi connectivity index (χ0) is 22.5. The molecule has 3 amide bonds. The lowest BCUT2D eigenvalue weighted by Crippen LogP contribution is -2.55. The Morgan fingerprint density at radius 2 is 1.66 bits per heavy atom. The van der Waals surface area contributed by atoms with Crippen LogP contribution in [-0.2, 0) is 14.4 Å². The van der Waals surface area contributed by atoms with Gasteiger partial charge in [0, 0.05) is 13.5 Å². The SMILES string of the molecule is CCCOc1ccc(N2C(=O)CC(N(CC34CC5CC(CC(C5)C3)C4)C(C)=O)C2=O)cc1. The third-order valence-electron chi connectivity index (χ3n) is 8.14. The number of hydrogen-bond donors (Lipinski definition) is 0. The van der Waals surface area contributed by atoms with Crippen molar-refractivity contribution in [1.29, 1.82) is 0 Å². The van der Waals surface area contributed by atoms with Crippen LogP contribution in [-0.4, -0.2) is 41.8 Å². The molecule has 1 unspecified atom stereocenters. The van der Waals surface area contributed by atoms with Gasteiger partial charge < -0.3 is 9.64 Å². The molecule has 5 fully saturated rings. The van der Waals surface area contributed by atoms with E-state index in [1.165, 1.54) is 43.4 Å². The molecule has 1 heterocycles. The standard InChI is InChI=1S/C26H34N2O4/c1-3-8-32-22-6-4-21(5-7-22)28-24(30)12-23(25(28)31)27(17(2)29)16-26-13-18-9-19(14-26)11-20(10-18)15-26/h4-7,18-20,23H,3,8-16H2,1-2H3. The van der Waals surface area contributed by atoms with Crippen LogP contribution in [0.3, 0.4) is 0 Å². The average Bonchev–Trinajstić information content (AvgIpc) is 3.03. The summed E-state index contributed by atoms with van der Waals surface area (Å²) in [4.78, 5) is 42.0. The Hall–Kier alpha value is -2.37. The summed E-state index contributed by atoms with van der Waals surface area (Å²) >= 11 is 0. The summed E-state index contributed by atoms with van der Waals surface area (Å²) in [7, 11) is 0. The van der Waals surface area contributed by atoms with Crippen molar-refractivity contribution >= 4 is 23.4 Å². The molecule has 172 valence electrons. The average molecular weight is 439 g/mol. The molecule has 0 spiro atoms. The molecule has 0 radical (unpaired) electrons. The summed E-state index contributed by atoms with van der Waals surface area (Å²) in [5, 5.41) is 0. The molecule has 1 aromatic carbocycles. The quantitative estimate of drug-likeness (QED) is 0.599. The Kier molecular flexibility index (Phi) is 5.50. The molecular formula is C26H34N2O4. The normalized spacial score (nSPS) is 33.1. The first-order chi connectivity index (χ1) is 15.4. The van der Waals surface area contributed by atoms with Crippen molar-refractivity contribution in [3.05, 3.63) is 24.3 Å². The van der Waals surface area contributed by atoms with E-state index in [4.69, 9.17) is 4.74 Å². The molecule has 1 atom stereocenters. The van der Waals surface area contributed by atoms with Crippen LogP contribution in [0.4, 0.5) is 5.69 Å². The van der Waals surface area contributed by atoms with E-state index in [2.05, 4.69) is 0 Å². The number of rotatable bonds is 7. The first kappa shape index (κ1) is 21.5. The van der Waals surface area contributed by atoms with E-state index in [1.807, 2.05) is 6.92 Å². The summed E-state index contributed by atoms with van der Waals surface area (Å²) in [6.45, 7) is 4.83. The number of nitrogens with zero attached hydrogens (tertiary/aromatic N) is 2. The number of ether oxygens (including phenoxy) is 1. The van der Waals surface area contributed by atoms with E-state index >= 15 is 0 Å². The second-order valence-corrected chi connectivity index (χ2v) is 10.7. The highest BCUT2D eigenvalue weighted by Crippen LogP contribution is 2.60. The molecule has 0 aromatic heterocycles. The van der Waals surface area contributed by atoms with E-state index in [-0.39, 0.29) is 29.6 Å². The van der Waals surface area contributed by atoms with Crippen molar-refractivity contribution in [3.63, 3.8) is 0 Å². The van der Waals surface area contributed by atoms with Crippen molar-refractivity contribution in [2.75, 3.05) is 18.1 Å². The van der Waals surface area contributed by atoms with Crippen molar-refractivity contribution < 1.29 is 19.1 Å². The molecule has 6 rings (SSSR count). The third kappa shape index (κ3) is 3.82. The number of amides is 3. The van der Waals surface area contributed by atoms with Gasteiger partial charge in [-0.2, -0.15) is 0 Å². The van der Waals surface area contributed by atoms with Gasteiger partial charge in [0.2, 0.25) is 11.8 Å². The molecule has 6 nitrogen and oxygen atoms in total. The Balaban J connectivity index is 1.33. The van der Waals surface area contributed by atoms with Gasteiger partial charge >= 0.3 is 0 Å². The summed E-state index contributed by atoms with van der Waals surface area (Å²) in [6.07, 6.45) is 8.50. The zero-order valence-corrected chi connectivity index (χ0v) is 19.2. The highest BCUT2D eigenvalue weighted by Gasteiger charge is 2.53. The number of imide groups is 1. The highest BCUT2D eigenvalue weighted by atomic mass is 16.5. The third-order valence-corrected chi connectivity index (χ3v) is 8.14. The van der Waals surface area contributed by atoms with Crippen LogP contribution in [0.25, 0.3) is 0 Å². The predicted molar refractivity (Wildman–Crippen MR) is 121 cm³/mol. The lowest BCUT2D eigenvalue weighted by Gasteiger charge is -2.58. The first-order valence-corrected chi connectivity index (χ1v) is 12.2. The molecule has 32 heavy (non-hydrogen) atoms. The fraction of sp³-hybridized carbons (Fsp3) is 0.654.